The lowest BCUT2D eigenvalue weighted by atomic mass is 9.82. The summed E-state index contributed by atoms with van der Waals surface area (Å²) in [6.45, 7) is 2.00. The second-order valence-electron chi connectivity index (χ2n) is 5.47. The molecule has 0 aliphatic heterocycles. The molecule has 114 valence electrons. The van der Waals surface area contributed by atoms with Crippen LogP contribution in [0.1, 0.15) is 18.4 Å². The minimum Gasteiger partial charge on any atom is -0.481 e. The van der Waals surface area contributed by atoms with Crippen molar-refractivity contribution in [2.75, 3.05) is 5.32 Å². The topological polar surface area (TPSA) is 79.3 Å². The number of nitrogens with one attached hydrogen (secondary N) is 1. The Hall–Kier alpha value is -2.21. The predicted molar refractivity (Wildman–Crippen MR) is 86.0 cm³/mol. The van der Waals surface area contributed by atoms with Gasteiger partial charge in [0.2, 0.25) is 5.91 Å². The number of aliphatic carboxylic acids is 1. The molecule has 1 aliphatic rings. The van der Waals surface area contributed by atoms with Crippen molar-refractivity contribution in [3.63, 3.8) is 0 Å². The van der Waals surface area contributed by atoms with Crippen LogP contribution in [0, 0.1) is 18.8 Å². The lowest BCUT2D eigenvalue weighted by Crippen LogP contribution is -2.34. The smallest absolute Gasteiger partial charge is 0.307 e. The molecule has 1 amide bonds. The van der Waals surface area contributed by atoms with Gasteiger partial charge in [-0.1, -0.05) is 29.6 Å². The first-order valence-electron chi connectivity index (χ1n) is 7.10. The molecule has 1 aliphatic carbocycles. The molecule has 5 nitrogen and oxygen atoms in total. The number of aromatic nitrogens is 1. The first-order chi connectivity index (χ1) is 10.5. The highest BCUT2D eigenvalue weighted by Gasteiger charge is 2.34. The molecule has 1 aromatic carbocycles. The van der Waals surface area contributed by atoms with Gasteiger partial charge in [0.15, 0.2) is 5.13 Å². The van der Waals surface area contributed by atoms with Crippen LogP contribution in [0.3, 0.4) is 0 Å². The standard InChI is InChI=1S/C16H16N2O3S/c1-9-6-7-12-13(8-9)22-16(17-12)18-14(19)10-4-2-3-5-11(10)15(20)21/h2-3,6-8,10-11H,4-5H2,1H3,(H,20,21)(H,17,18,19)/t10-,11-/m0/s1. The van der Waals surface area contributed by atoms with Crippen molar-refractivity contribution < 1.29 is 14.7 Å². The number of rotatable bonds is 3. The number of anilines is 1. The molecule has 0 spiro atoms. The average Bonchev–Trinajstić information content (AvgIpc) is 2.88. The molecule has 6 heteroatoms. The molecule has 0 fully saturated rings. The summed E-state index contributed by atoms with van der Waals surface area (Å²) in [5, 5.41) is 12.5. The molecule has 1 heterocycles. The van der Waals surface area contributed by atoms with Crippen molar-refractivity contribution in [1.82, 2.24) is 4.98 Å². The lowest BCUT2D eigenvalue weighted by molar-refractivity contribution is -0.146. The van der Waals surface area contributed by atoms with E-state index < -0.39 is 17.8 Å². The largest absolute Gasteiger partial charge is 0.481 e. The Kier molecular flexibility index (Phi) is 3.94. The fourth-order valence-corrected chi connectivity index (χ4v) is 3.63. The number of thiazole rings is 1. The number of carboxylic acids is 1. The highest BCUT2D eigenvalue weighted by atomic mass is 32.1. The Bertz CT molecular complexity index is 766. The summed E-state index contributed by atoms with van der Waals surface area (Å²) >= 11 is 1.40. The van der Waals surface area contributed by atoms with Gasteiger partial charge in [-0.25, -0.2) is 4.98 Å². The second kappa shape index (κ2) is 5.88. The maximum atomic E-state index is 12.4. The van der Waals surface area contributed by atoms with Crippen LogP contribution in [0.25, 0.3) is 10.2 Å². The minimum atomic E-state index is -0.926. The number of amides is 1. The van der Waals surface area contributed by atoms with Crippen molar-refractivity contribution in [3.05, 3.63) is 35.9 Å². The average molecular weight is 316 g/mol. The van der Waals surface area contributed by atoms with E-state index in [-0.39, 0.29) is 5.91 Å². The van der Waals surface area contributed by atoms with Crippen LogP contribution in [0.15, 0.2) is 30.4 Å². The lowest BCUT2D eigenvalue weighted by Gasteiger charge is -2.23. The molecule has 2 aromatic rings. The van der Waals surface area contributed by atoms with Gasteiger partial charge < -0.3 is 10.4 Å². The van der Waals surface area contributed by atoms with Gasteiger partial charge in [0.25, 0.3) is 0 Å². The molecule has 2 N–H and O–H groups in total. The van der Waals surface area contributed by atoms with E-state index >= 15 is 0 Å². The Labute approximate surface area is 131 Å². The number of carbonyl (C=O) groups excluding carboxylic acids is 1. The molecule has 0 radical (unpaired) electrons. The normalized spacial score (nSPS) is 21.0. The van der Waals surface area contributed by atoms with Crippen LogP contribution in [0.2, 0.25) is 0 Å². The number of carboxylic acid groups (broad SMARTS) is 1. The van der Waals surface area contributed by atoms with Crippen molar-refractivity contribution in [2.24, 2.45) is 11.8 Å². The highest BCUT2D eigenvalue weighted by molar-refractivity contribution is 7.22. The van der Waals surface area contributed by atoms with Crippen LogP contribution in [-0.2, 0) is 9.59 Å². The van der Waals surface area contributed by atoms with E-state index in [0.717, 1.165) is 15.8 Å². The summed E-state index contributed by atoms with van der Waals surface area (Å²) in [7, 11) is 0. The maximum Gasteiger partial charge on any atom is 0.307 e. The SMILES string of the molecule is Cc1ccc2nc(NC(=O)[C@H]3CC=CC[C@@H]3C(=O)O)sc2c1. The quantitative estimate of drug-likeness (QED) is 0.852. The molecule has 0 saturated heterocycles. The monoisotopic (exact) mass is 316 g/mol. The number of aryl methyl sites for hydroxylation is 1. The summed E-state index contributed by atoms with van der Waals surface area (Å²) in [5.74, 6) is -2.41. The van der Waals surface area contributed by atoms with Crippen LogP contribution < -0.4 is 5.32 Å². The van der Waals surface area contributed by atoms with Gasteiger partial charge in [0.1, 0.15) is 0 Å². The van der Waals surface area contributed by atoms with Crippen molar-refractivity contribution in [1.29, 1.82) is 0 Å². The fraction of sp³-hybridized carbons (Fsp3) is 0.312. The van der Waals surface area contributed by atoms with E-state index in [1.54, 1.807) is 0 Å². The van der Waals surface area contributed by atoms with E-state index in [1.165, 1.54) is 11.3 Å². The van der Waals surface area contributed by atoms with Gasteiger partial charge >= 0.3 is 5.97 Å². The third-order valence-corrected chi connectivity index (χ3v) is 4.79. The van der Waals surface area contributed by atoms with Crippen LogP contribution >= 0.6 is 11.3 Å². The van der Waals surface area contributed by atoms with E-state index in [2.05, 4.69) is 10.3 Å². The van der Waals surface area contributed by atoms with Crippen LogP contribution in [0.5, 0.6) is 0 Å². The third kappa shape index (κ3) is 2.87. The van der Waals surface area contributed by atoms with Crippen molar-refractivity contribution in [2.45, 2.75) is 19.8 Å². The van der Waals surface area contributed by atoms with Gasteiger partial charge in [-0.3, -0.25) is 9.59 Å². The third-order valence-electron chi connectivity index (χ3n) is 3.86. The summed E-state index contributed by atoms with van der Waals surface area (Å²) in [4.78, 5) is 28.0. The molecule has 3 rings (SSSR count). The zero-order valence-electron chi connectivity index (χ0n) is 12.1. The fourth-order valence-electron chi connectivity index (χ4n) is 2.66. The number of nitrogens with zero attached hydrogens (tertiary/aromatic N) is 1. The van der Waals surface area contributed by atoms with Gasteiger partial charge in [0, 0.05) is 0 Å². The Morgan fingerprint density at radius 3 is 2.73 bits per heavy atom. The molecular weight excluding hydrogens is 300 g/mol. The first kappa shape index (κ1) is 14.7. The molecular formula is C16H16N2O3S. The zero-order valence-corrected chi connectivity index (χ0v) is 12.9. The Morgan fingerprint density at radius 2 is 2.00 bits per heavy atom. The molecule has 22 heavy (non-hydrogen) atoms. The number of benzene rings is 1. The van der Waals surface area contributed by atoms with E-state index in [1.807, 2.05) is 37.3 Å². The van der Waals surface area contributed by atoms with Gasteiger partial charge in [-0.2, -0.15) is 0 Å². The molecule has 1 aromatic heterocycles. The van der Waals surface area contributed by atoms with Gasteiger partial charge in [0.05, 0.1) is 22.1 Å². The predicted octanol–water partition coefficient (Wildman–Crippen LogP) is 3.21. The highest BCUT2D eigenvalue weighted by Crippen LogP contribution is 2.30. The minimum absolute atomic E-state index is 0.271. The van der Waals surface area contributed by atoms with Crippen LogP contribution in [-0.4, -0.2) is 22.0 Å². The Balaban J connectivity index is 1.80. The molecule has 0 saturated carbocycles. The molecule has 0 unspecified atom stereocenters. The number of fused-ring (bicyclic) bond motifs is 1. The van der Waals surface area contributed by atoms with Crippen molar-refractivity contribution in [3.8, 4) is 0 Å². The van der Waals surface area contributed by atoms with E-state index in [0.29, 0.717) is 18.0 Å². The second-order valence-corrected chi connectivity index (χ2v) is 6.50. The molecule has 2 atom stereocenters. The Morgan fingerprint density at radius 1 is 1.27 bits per heavy atom. The number of carbonyl (C=O) groups is 2. The van der Waals surface area contributed by atoms with Gasteiger partial charge in [-0.15, -0.1) is 0 Å². The summed E-state index contributed by atoms with van der Waals surface area (Å²) < 4.78 is 1.01. The van der Waals surface area contributed by atoms with E-state index in [4.69, 9.17) is 0 Å². The van der Waals surface area contributed by atoms with Crippen LogP contribution in [0.4, 0.5) is 5.13 Å². The summed E-state index contributed by atoms with van der Waals surface area (Å²) in [6.07, 6.45) is 4.54. The molecule has 0 bridgehead atoms. The zero-order chi connectivity index (χ0) is 15.7. The van der Waals surface area contributed by atoms with Crippen molar-refractivity contribution >= 4 is 38.6 Å². The summed E-state index contributed by atoms with van der Waals surface area (Å²) in [5.41, 5.74) is 1.97. The maximum absolute atomic E-state index is 12.4. The number of hydrogen-bond donors (Lipinski definition) is 2. The van der Waals surface area contributed by atoms with E-state index in [9.17, 15) is 14.7 Å². The van der Waals surface area contributed by atoms with Gasteiger partial charge in [-0.05, 0) is 37.5 Å². The first-order valence-corrected chi connectivity index (χ1v) is 7.92. The number of hydrogen-bond acceptors (Lipinski definition) is 4. The summed E-state index contributed by atoms with van der Waals surface area (Å²) in [6, 6.07) is 5.91. The number of allylic oxidation sites excluding steroid dienone is 2.